The van der Waals surface area contributed by atoms with Gasteiger partial charge in [-0.1, -0.05) is 17.8 Å². The number of thiophene rings is 1. The van der Waals surface area contributed by atoms with Gasteiger partial charge in [-0.15, -0.1) is 21.5 Å². The average Bonchev–Trinajstić information content (AvgIpc) is 3.34. The summed E-state index contributed by atoms with van der Waals surface area (Å²) in [5, 5.41) is 11.0. The molecule has 0 bridgehead atoms. The predicted molar refractivity (Wildman–Crippen MR) is 97.4 cm³/mol. The molecule has 0 aliphatic rings. The standard InChI is InChI=1S/C15H15N7O2S2/c1-2-22-13(11-4-3-7-25-11)19-21-15(22)26-9-12(23)18-20-14(24)10-8-16-5-6-17-10/h3-8H,2,9H2,1H3,(H,18,23)(H,20,24). The van der Waals surface area contributed by atoms with E-state index in [0.29, 0.717) is 11.7 Å². The summed E-state index contributed by atoms with van der Waals surface area (Å²) in [5.74, 6) is -0.0337. The molecular formula is C15H15N7O2S2. The van der Waals surface area contributed by atoms with Crippen LogP contribution >= 0.6 is 23.1 Å². The van der Waals surface area contributed by atoms with E-state index in [9.17, 15) is 9.59 Å². The van der Waals surface area contributed by atoms with E-state index in [1.807, 2.05) is 29.0 Å². The minimum atomic E-state index is -0.534. The molecule has 26 heavy (non-hydrogen) atoms. The third kappa shape index (κ3) is 4.24. The van der Waals surface area contributed by atoms with E-state index in [1.54, 1.807) is 11.3 Å². The fourth-order valence-electron chi connectivity index (χ4n) is 2.04. The number of amides is 2. The van der Waals surface area contributed by atoms with Gasteiger partial charge in [-0.25, -0.2) is 4.98 Å². The highest BCUT2D eigenvalue weighted by atomic mass is 32.2. The van der Waals surface area contributed by atoms with Gasteiger partial charge in [-0.3, -0.25) is 25.4 Å². The van der Waals surface area contributed by atoms with Crippen LogP contribution < -0.4 is 10.9 Å². The largest absolute Gasteiger partial charge is 0.302 e. The second-order valence-electron chi connectivity index (χ2n) is 4.91. The van der Waals surface area contributed by atoms with Crippen LogP contribution in [0.4, 0.5) is 0 Å². The van der Waals surface area contributed by atoms with Crippen molar-refractivity contribution in [1.82, 2.24) is 35.6 Å². The van der Waals surface area contributed by atoms with Gasteiger partial charge >= 0.3 is 0 Å². The first-order valence-electron chi connectivity index (χ1n) is 7.64. The number of hydrogen-bond acceptors (Lipinski definition) is 8. The van der Waals surface area contributed by atoms with E-state index in [2.05, 4.69) is 31.0 Å². The molecule has 0 saturated heterocycles. The first kappa shape index (κ1) is 18.0. The van der Waals surface area contributed by atoms with Gasteiger partial charge < -0.3 is 4.57 Å². The first-order chi connectivity index (χ1) is 12.7. The summed E-state index contributed by atoms with van der Waals surface area (Å²) < 4.78 is 1.95. The normalized spacial score (nSPS) is 10.5. The highest BCUT2D eigenvalue weighted by Crippen LogP contribution is 2.26. The van der Waals surface area contributed by atoms with Crippen LogP contribution in [0.1, 0.15) is 17.4 Å². The molecule has 3 heterocycles. The Balaban J connectivity index is 1.54. The van der Waals surface area contributed by atoms with Crippen LogP contribution in [-0.2, 0) is 11.3 Å². The van der Waals surface area contributed by atoms with Gasteiger partial charge in [0.15, 0.2) is 11.0 Å². The quantitative estimate of drug-likeness (QED) is 0.483. The smallest absolute Gasteiger partial charge is 0.289 e. The summed E-state index contributed by atoms with van der Waals surface area (Å²) in [5.41, 5.74) is 4.75. The molecule has 0 saturated carbocycles. The van der Waals surface area contributed by atoms with Gasteiger partial charge in [-0.2, -0.15) is 0 Å². The van der Waals surface area contributed by atoms with Crippen LogP contribution in [0, 0.1) is 0 Å². The Kier molecular flexibility index (Phi) is 5.92. The van der Waals surface area contributed by atoms with E-state index in [4.69, 9.17) is 0 Å². The fraction of sp³-hybridized carbons (Fsp3) is 0.200. The molecule has 3 aromatic rings. The zero-order valence-electron chi connectivity index (χ0n) is 13.7. The number of hydrazine groups is 1. The molecule has 11 heteroatoms. The zero-order chi connectivity index (χ0) is 18.4. The highest BCUT2D eigenvalue weighted by molar-refractivity contribution is 7.99. The molecule has 134 valence electrons. The highest BCUT2D eigenvalue weighted by Gasteiger charge is 2.15. The second-order valence-corrected chi connectivity index (χ2v) is 6.80. The SMILES string of the molecule is CCn1c(SCC(=O)NNC(=O)c2cnccn2)nnc1-c1cccs1. The van der Waals surface area contributed by atoms with Crippen molar-refractivity contribution in [2.45, 2.75) is 18.6 Å². The lowest BCUT2D eigenvalue weighted by atomic mass is 10.4. The predicted octanol–water partition coefficient (Wildman–Crippen LogP) is 1.37. The summed E-state index contributed by atoms with van der Waals surface area (Å²) in [6.45, 7) is 2.68. The fourth-order valence-corrected chi connectivity index (χ4v) is 3.56. The Labute approximate surface area is 157 Å². The summed E-state index contributed by atoms with van der Waals surface area (Å²) >= 11 is 2.83. The number of aromatic nitrogens is 5. The number of hydrogen-bond donors (Lipinski definition) is 2. The molecule has 0 radical (unpaired) electrons. The van der Waals surface area contributed by atoms with Crippen LogP contribution in [0.25, 0.3) is 10.7 Å². The lowest BCUT2D eigenvalue weighted by Gasteiger charge is -2.07. The van der Waals surface area contributed by atoms with Crippen molar-refractivity contribution in [3.8, 4) is 10.7 Å². The van der Waals surface area contributed by atoms with E-state index in [0.717, 1.165) is 10.7 Å². The van der Waals surface area contributed by atoms with Gasteiger partial charge in [0.05, 0.1) is 16.8 Å². The van der Waals surface area contributed by atoms with E-state index in [-0.39, 0.29) is 17.4 Å². The molecular weight excluding hydrogens is 374 g/mol. The maximum Gasteiger partial charge on any atom is 0.289 e. The average molecular weight is 389 g/mol. The molecule has 0 atom stereocenters. The molecule has 2 amide bonds. The van der Waals surface area contributed by atoms with Crippen molar-refractivity contribution in [2.24, 2.45) is 0 Å². The van der Waals surface area contributed by atoms with Gasteiger partial charge in [-0.05, 0) is 18.4 Å². The lowest BCUT2D eigenvalue weighted by Crippen LogP contribution is -2.42. The molecule has 0 unspecified atom stereocenters. The lowest BCUT2D eigenvalue weighted by molar-refractivity contribution is -0.119. The minimum Gasteiger partial charge on any atom is -0.302 e. The number of rotatable bonds is 6. The van der Waals surface area contributed by atoms with E-state index in [1.165, 1.54) is 30.4 Å². The van der Waals surface area contributed by atoms with Crippen molar-refractivity contribution >= 4 is 34.9 Å². The second kappa shape index (κ2) is 8.54. The number of nitrogens with one attached hydrogen (secondary N) is 2. The maximum absolute atomic E-state index is 11.9. The molecule has 3 rings (SSSR count). The van der Waals surface area contributed by atoms with Crippen LogP contribution in [0.5, 0.6) is 0 Å². The van der Waals surface area contributed by atoms with Crippen molar-refractivity contribution in [1.29, 1.82) is 0 Å². The van der Waals surface area contributed by atoms with Crippen molar-refractivity contribution in [2.75, 3.05) is 5.75 Å². The molecule has 0 aliphatic heterocycles. The summed E-state index contributed by atoms with van der Waals surface area (Å²) in [6, 6.07) is 3.93. The first-order valence-corrected chi connectivity index (χ1v) is 9.50. The van der Waals surface area contributed by atoms with E-state index >= 15 is 0 Å². The van der Waals surface area contributed by atoms with Crippen molar-refractivity contribution in [3.05, 3.63) is 41.8 Å². The molecule has 0 aromatic carbocycles. The summed E-state index contributed by atoms with van der Waals surface area (Å²) in [6.07, 6.45) is 4.17. The molecule has 9 nitrogen and oxygen atoms in total. The zero-order valence-corrected chi connectivity index (χ0v) is 15.4. The number of carbonyl (C=O) groups excluding carboxylic acids is 2. The number of thioether (sulfide) groups is 1. The number of carbonyl (C=O) groups is 2. The molecule has 0 aliphatic carbocycles. The minimum absolute atomic E-state index is 0.0866. The summed E-state index contributed by atoms with van der Waals surface area (Å²) in [4.78, 5) is 32.4. The molecule has 0 spiro atoms. The van der Waals surface area contributed by atoms with Gasteiger partial charge in [0.25, 0.3) is 5.91 Å². The van der Waals surface area contributed by atoms with Crippen LogP contribution in [0.3, 0.4) is 0 Å². The van der Waals surface area contributed by atoms with Crippen LogP contribution in [-0.4, -0.2) is 42.3 Å². The van der Waals surface area contributed by atoms with Crippen LogP contribution in [0.2, 0.25) is 0 Å². The Morgan fingerprint density at radius 3 is 2.85 bits per heavy atom. The Bertz CT molecular complexity index is 881. The molecule has 2 N–H and O–H groups in total. The summed E-state index contributed by atoms with van der Waals surface area (Å²) in [7, 11) is 0. The number of nitrogens with zero attached hydrogens (tertiary/aromatic N) is 5. The Hall–Kier alpha value is -2.79. The topological polar surface area (TPSA) is 115 Å². The monoisotopic (exact) mass is 389 g/mol. The van der Waals surface area contributed by atoms with Gasteiger partial charge in [0.1, 0.15) is 5.69 Å². The third-order valence-corrected chi connectivity index (χ3v) is 5.05. The van der Waals surface area contributed by atoms with E-state index < -0.39 is 5.91 Å². The van der Waals surface area contributed by atoms with Gasteiger partial charge in [0, 0.05) is 18.9 Å². The Morgan fingerprint density at radius 2 is 2.15 bits per heavy atom. The molecule has 0 fully saturated rings. The Morgan fingerprint density at radius 1 is 1.27 bits per heavy atom. The van der Waals surface area contributed by atoms with Crippen LogP contribution in [0.15, 0.2) is 41.3 Å². The third-order valence-electron chi connectivity index (χ3n) is 3.22. The van der Waals surface area contributed by atoms with Gasteiger partial charge in [0.2, 0.25) is 5.91 Å². The maximum atomic E-state index is 11.9. The van der Waals surface area contributed by atoms with Crippen molar-refractivity contribution < 1.29 is 9.59 Å². The van der Waals surface area contributed by atoms with Crippen molar-refractivity contribution in [3.63, 3.8) is 0 Å². The molecule has 3 aromatic heterocycles.